The highest BCUT2D eigenvalue weighted by atomic mass is 32.3. The molecule has 0 bridgehead atoms. The zero-order valence-electron chi connectivity index (χ0n) is 10.4. The second-order valence-corrected chi connectivity index (χ2v) is 6.63. The van der Waals surface area contributed by atoms with Gasteiger partial charge >= 0.3 is 10.4 Å². The van der Waals surface area contributed by atoms with Crippen molar-refractivity contribution in [3.05, 3.63) is 0 Å². The molecule has 16 heavy (non-hydrogen) atoms. The lowest BCUT2D eigenvalue weighted by Gasteiger charge is -2.14. The van der Waals surface area contributed by atoms with Crippen LogP contribution in [0.2, 0.25) is 0 Å². The van der Waals surface area contributed by atoms with Crippen molar-refractivity contribution in [3.63, 3.8) is 0 Å². The molecule has 0 saturated heterocycles. The Balaban J connectivity index is 3.93. The van der Waals surface area contributed by atoms with Gasteiger partial charge in [-0.2, -0.15) is 8.42 Å². The summed E-state index contributed by atoms with van der Waals surface area (Å²) in [7, 11) is -2.65. The maximum Gasteiger partial charge on any atom is 0.402 e. The van der Waals surface area contributed by atoms with E-state index in [1.165, 1.54) is 12.8 Å². The van der Waals surface area contributed by atoms with Gasteiger partial charge in [0.15, 0.2) is 0 Å². The van der Waals surface area contributed by atoms with E-state index in [9.17, 15) is 8.42 Å². The van der Waals surface area contributed by atoms with Crippen LogP contribution in [0.1, 0.15) is 52.4 Å². The third-order valence-corrected chi connectivity index (χ3v) is 4.83. The molecule has 0 aliphatic carbocycles. The van der Waals surface area contributed by atoms with Gasteiger partial charge in [0.1, 0.15) is 0 Å². The van der Waals surface area contributed by atoms with Gasteiger partial charge in [-0.3, -0.25) is 4.18 Å². The second kappa shape index (κ2) is 9.34. The van der Waals surface area contributed by atoms with Crippen molar-refractivity contribution in [2.24, 2.45) is 0 Å². The smallest absolute Gasteiger partial charge is 0.251 e. The summed E-state index contributed by atoms with van der Waals surface area (Å²) >= 11 is 0. The predicted octanol–water partition coefficient (Wildman–Crippen LogP) is 3.24. The Morgan fingerprint density at radius 2 is 1.81 bits per heavy atom. The van der Waals surface area contributed by atoms with E-state index in [-0.39, 0.29) is 8.81 Å². The van der Waals surface area contributed by atoms with Crippen LogP contribution in [0, 0.1) is 0 Å². The van der Waals surface area contributed by atoms with E-state index >= 15 is 0 Å². The summed E-state index contributed by atoms with van der Waals surface area (Å²) in [6.45, 7) is 4.26. The minimum Gasteiger partial charge on any atom is -0.251 e. The lowest BCUT2D eigenvalue weighted by Crippen LogP contribution is -2.07. The molecule has 0 rings (SSSR count). The van der Waals surface area contributed by atoms with Gasteiger partial charge in [-0.25, -0.2) is 3.97 Å². The van der Waals surface area contributed by atoms with Gasteiger partial charge in [0.25, 0.3) is 0 Å². The van der Waals surface area contributed by atoms with Crippen molar-refractivity contribution in [2.75, 3.05) is 7.11 Å². The molecular formula is C10H23O4PS. The molecule has 6 heteroatoms. The van der Waals surface area contributed by atoms with Crippen LogP contribution in [0.4, 0.5) is 0 Å². The van der Waals surface area contributed by atoms with Crippen LogP contribution in [-0.4, -0.2) is 21.2 Å². The third kappa shape index (κ3) is 8.45. The van der Waals surface area contributed by atoms with E-state index in [1.807, 2.05) is 0 Å². The highest BCUT2D eigenvalue weighted by molar-refractivity contribution is 7.85. The molecule has 0 fully saturated rings. The number of hydrogen-bond acceptors (Lipinski definition) is 4. The van der Waals surface area contributed by atoms with Gasteiger partial charge in [0.05, 0.1) is 7.11 Å². The fourth-order valence-corrected chi connectivity index (χ4v) is 3.43. The molecule has 4 nitrogen and oxygen atoms in total. The minimum atomic E-state index is -3.75. The summed E-state index contributed by atoms with van der Waals surface area (Å²) in [5.41, 5.74) is 0.349. The third-order valence-electron chi connectivity index (χ3n) is 2.31. The van der Waals surface area contributed by atoms with Crippen LogP contribution in [0.3, 0.4) is 0 Å². The summed E-state index contributed by atoms with van der Waals surface area (Å²) in [6, 6.07) is 0. The zero-order valence-corrected chi connectivity index (χ0v) is 12.2. The monoisotopic (exact) mass is 270 g/mol. The Hall–Kier alpha value is 0.300. The van der Waals surface area contributed by atoms with E-state index in [2.05, 4.69) is 18.0 Å². The zero-order chi connectivity index (χ0) is 12.4. The summed E-state index contributed by atoms with van der Waals surface area (Å²) in [5.74, 6) is 0. The molecule has 0 aliphatic heterocycles. The minimum absolute atomic E-state index is 0.0133. The molecule has 0 aromatic carbocycles. The first kappa shape index (κ1) is 16.3. The van der Waals surface area contributed by atoms with Crippen LogP contribution < -0.4 is 0 Å². The Morgan fingerprint density at radius 1 is 1.12 bits per heavy atom. The Bertz CT molecular complexity index is 254. The first-order chi connectivity index (χ1) is 7.55. The number of hydrogen-bond donors (Lipinski definition) is 0. The van der Waals surface area contributed by atoms with Crippen LogP contribution >= 0.6 is 8.81 Å². The first-order valence-corrected chi connectivity index (χ1v) is 8.12. The lowest BCUT2D eigenvalue weighted by molar-refractivity contribution is 0.339. The fraction of sp³-hybridized carbons (Fsp3) is 1.00. The fourth-order valence-electron chi connectivity index (χ4n) is 1.41. The lowest BCUT2D eigenvalue weighted by atomic mass is 10.1. The van der Waals surface area contributed by atoms with Gasteiger partial charge in [0, 0.05) is 14.5 Å². The van der Waals surface area contributed by atoms with Gasteiger partial charge in [-0.05, 0) is 12.8 Å². The summed E-state index contributed by atoms with van der Waals surface area (Å²) in [5, 5.41) is 0. The standard InChI is InChI=1S/C10H23O4PS/c1-4-6-7-9-10(8-5-2)15-14-16(11,12)13-3/h10,15H,4-9H2,1-3H3. The largest absolute Gasteiger partial charge is 0.402 e. The van der Waals surface area contributed by atoms with E-state index in [0.29, 0.717) is 5.66 Å². The topological polar surface area (TPSA) is 52.6 Å². The van der Waals surface area contributed by atoms with Crippen LogP contribution in [0.15, 0.2) is 0 Å². The average molecular weight is 270 g/mol. The van der Waals surface area contributed by atoms with E-state index in [4.69, 9.17) is 3.97 Å². The molecule has 0 aromatic heterocycles. The van der Waals surface area contributed by atoms with Crippen LogP contribution in [0.5, 0.6) is 0 Å². The molecule has 0 aromatic rings. The SMILES string of the molecule is CCCCCC(CCC)POS(=O)(=O)OC. The van der Waals surface area contributed by atoms with Crippen molar-refractivity contribution in [1.82, 2.24) is 0 Å². The molecule has 0 spiro atoms. The normalized spacial score (nSPS) is 14.7. The number of rotatable bonds is 10. The summed E-state index contributed by atoms with van der Waals surface area (Å²) in [4.78, 5) is 0. The summed E-state index contributed by atoms with van der Waals surface area (Å²) in [6.07, 6.45) is 6.63. The van der Waals surface area contributed by atoms with Crippen molar-refractivity contribution in [1.29, 1.82) is 0 Å². The molecule has 0 amide bonds. The van der Waals surface area contributed by atoms with E-state index in [0.717, 1.165) is 32.8 Å². The Morgan fingerprint density at radius 3 is 2.31 bits per heavy atom. The van der Waals surface area contributed by atoms with Gasteiger partial charge in [-0.15, -0.1) is 0 Å². The number of unbranched alkanes of at least 4 members (excludes halogenated alkanes) is 2. The first-order valence-electron chi connectivity index (χ1n) is 5.80. The Labute approximate surface area is 101 Å². The van der Waals surface area contributed by atoms with Crippen molar-refractivity contribution in [2.45, 2.75) is 58.0 Å². The van der Waals surface area contributed by atoms with E-state index in [1.54, 1.807) is 0 Å². The molecule has 0 N–H and O–H groups in total. The van der Waals surface area contributed by atoms with Gasteiger partial charge in [-0.1, -0.05) is 39.5 Å². The molecule has 2 atom stereocenters. The predicted molar refractivity (Wildman–Crippen MR) is 68.2 cm³/mol. The molecule has 98 valence electrons. The van der Waals surface area contributed by atoms with Crippen molar-refractivity contribution < 1.29 is 16.6 Å². The molecular weight excluding hydrogens is 247 g/mol. The van der Waals surface area contributed by atoms with E-state index < -0.39 is 10.4 Å². The second-order valence-electron chi connectivity index (χ2n) is 3.76. The van der Waals surface area contributed by atoms with Crippen LogP contribution in [0.25, 0.3) is 0 Å². The van der Waals surface area contributed by atoms with Crippen molar-refractivity contribution in [3.8, 4) is 0 Å². The molecule has 0 saturated carbocycles. The highest BCUT2D eigenvalue weighted by Crippen LogP contribution is 2.31. The maximum atomic E-state index is 11.0. The summed E-state index contributed by atoms with van der Waals surface area (Å²) < 4.78 is 31.1. The molecule has 0 aliphatic rings. The van der Waals surface area contributed by atoms with Crippen molar-refractivity contribution >= 4 is 19.2 Å². The molecule has 0 heterocycles. The quantitative estimate of drug-likeness (QED) is 0.452. The average Bonchev–Trinajstić information content (AvgIpc) is 2.26. The van der Waals surface area contributed by atoms with Gasteiger partial charge < -0.3 is 0 Å². The highest BCUT2D eigenvalue weighted by Gasteiger charge is 2.14. The molecule has 2 unspecified atom stereocenters. The van der Waals surface area contributed by atoms with Crippen LogP contribution in [-0.2, 0) is 18.6 Å². The molecule has 0 radical (unpaired) electrons. The Kier molecular flexibility index (Phi) is 9.52. The maximum absolute atomic E-state index is 11.0. The van der Waals surface area contributed by atoms with Gasteiger partial charge in [0.2, 0.25) is 0 Å².